The Labute approximate surface area is 96.8 Å². The molecule has 0 radical (unpaired) electrons. The Balaban J connectivity index is 2.52. The van der Waals surface area contributed by atoms with Gasteiger partial charge in [-0.05, 0) is 25.2 Å². The summed E-state index contributed by atoms with van der Waals surface area (Å²) in [5.74, 6) is 0. The summed E-state index contributed by atoms with van der Waals surface area (Å²) in [6, 6.07) is 0. The minimum Gasteiger partial charge on any atom is -0.392 e. The maximum atomic E-state index is 9.87. The second kappa shape index (κ2) is 5.89. The lowest BCUT2D eigenvalue weighted by atomic mass is 9.97. The molecule has 14 heavy (non-hydrogen) atoms. The molecule has 0 heterocycles. The fraction of sp³-hybridized carbons (Fsp3) is 1.00. The Morgan fingerprint density at radius 1 is 1.29 bits per heavy atom. The van der Waals surface area contributed by atoms with Gasteiger partial charge in [-0.2, -0.15) is 0 Å². The van der Waals surface area contributed by atoms with Gasteiger partial charge in [0.1, 0.15) is 0 Å². The van der Waals surface area contributed by atoms with Crippen LogP contribution in [0.25, 0.3) is 0 Å². The van der Waals surface area contributed by atoms with Crippen LogP contribution in [0.15, 0.2) is 0 Å². The number of hydrogen-bond acceptors (Lipinski definition) is 3. The first kappa shape index (κ1) is 13.0. The average molecular weight is 252 g/mol. The van der Waals surface area contributed by atoms with Gasteiger partial charge in [-0.15, -0.1) is 11.4 Å². The van der Waals surface area contributed by atoms with Crippen LogP contribution in [0, 0.1) is 0 Å². The van der Waals surface area contributed by atoms with Crippen molar-refractivity contribution in [2.75, 3.05) is 12.3 Å². The number of hydrogen-bond donors (Lipinski definition) is 1. The summed E-state index contributed by atoms with van der Waals surface area (Å²) in [5, 5.41) is 9.12. The quantitative estimate of drug-likeness (QED) is 0.774. The highest BCUT2D eigenvalue weighted by molar-refractivity contribution is 8.71. The first-order valence-corrected chi connectivity index (χ1v) is 10.2. The largest absolute Gasteiger partial charge is 0.392 e. The molecule has 0 bridgehead atoms. The summed E-state index contributed by atoms with van der Waals surface area (Å²) in [6.45, 7) is 4.40. The SMILES string of the molecule is CCP(=S)(CC)SC1CCCCC1O. The van der Waals surface area contributed by atoms with Crippen LogP contribution in [-0.4, -0.2) is 28.8 Å². The molecular weight excluding hydrogens is 231 g/mol. The second-order valence-electron chi connectivity index (χ2n) is 3.94. The summed E-state index contributed by atoms with van der Waals surface area (Å²) in [6.07, 6.45) is 6.80. The fourth-order valence-corrected chi connectivity index (χ4v) is 7.71. The molecule has 0 aromatic rings. The van der Waals surface area contributed by atoms with E-state index in [1.54, 1.807) is 0 Å². The topological polar surface area (TPSA) is 20.2 Å². The molecule has 0 aromatic carbocycles. The highest BCUT2D eigenvalue weighted by Crippen LogP contribution is 2.61. The smallest absolute Gasteiger partial charge is 0.0662 e. The van der Waals surface area contributed by atoms with Crippen molar-refractivity contribution in [2.45, 2.75) is 50.9 Å². The molecule has 0 saturated heterocycles. The van der Waals surface area contributed by atoms with E-state index in [1.165, 1.54) is 19.3 Å². The first-order valence-electron chi connectivity index (χ1n) is 5.56. The van der Waals surface area contributed by atoms with Crippen LogP contribution < -0.4 is 0 Å². The second-order valence-corrected chi connectivity index (χ2v) is 13.2. The van der Waals surface area contributed by atoms with E-state index < -0.39 is 5.24 Å². The zero-order valence-electron chi connectivity index (χ0n) is 9.11. The number of aliphatic hydroxyl groups excluding tert-OH is 1. The van der Waals surface area contributed by atoms with Gasteiger partial charge in [-0.1, -0.05) is 38.5 Å². The van der Waals surface area contributed by atoms with E-state index in [0.29, 0.717) is 5.25 Å². The van der Waals surface area contributed by atoms with Crippen molar-refractivity contribution in [3.05, 3.63) is 0 Å². The van der Waals surface area contributed by atoms with Crippen LogP contribution in [0.5, 0.6) is 0 Å². The van der Waals surface area contributed by atoms with Gasteiger partial charge < -0.3 is 5.11 Å². The molecule has 1 aliphatic carbocycles. The Bertz CT molecular complexity index is 212. The van der Waals surface area contributed by atoms with E-state index in [1.807, 2.05) is 11.4 Å². The predicted molar refractivity (Wildman–Crippen MR) is 71.2 cm³/mol. The number of aliphatic hydroxyl groups is 1. The zero-order chi connectivity index (χ0) is 10.6. The minimum absolute atomic E-state index is 0.0887. The molecule has 1 aliphatic rings. The molecule has 2 unspecified atom stereocenters. The summed E-state index contributed by atoms with van der Waals surface area (Å²) in [5.41, 5.74) is 0. The van der Waals surface area contributed by atoms with Crippen molar-refractivity contribution >= 4 is 28.4 Å². The molecule has 0 aromatic heterocycles. The third kappa shape index (κ3) is 3.52. The maximum absolute atomic E-state index is 9.87. The molecular formula is C10H21OPS2. The predicted octanol–water partition coefficient (Wildman–Crippen LogP) is 3.46. The van der Waals surface area contributed by atoms with Crippen molar-refractivity contribution < 1.29 is 5.11 Å². The average Bonchev–Trinajstić information content (AvgIpc) is 2.21. The molecule has 0 amide bonds. The maximum Gasteiger partial charge on any atom is 0.0662 e. The zero-order valence-corrected chi connectivity index (χ0v) is 11.6. The van der Waals surface area contributed by atoms with Gasteiger partial charge in [0.15, 0.2) is 0 Å². The van der Waals surface area contributed by atoms with E-state index in [9.17, 15) is 5.11 Å². The van der Waals surface area contributed by atoms with Crippen molar-refractivity contribution in [1.29, 1.82) is 0 Å². The van der Waals surface area contributed by atoms with Crippen LogP contribution in [0.2, 0.25) is 0 Å². The van der Waals surface area contributed by atoms with E-state index in [4.69, 9.17) is 11.8 Å². The molecule has 0 spiro atoms. The standard InChI is InChI=1S/C10H21OPS2/c1-3-12(13,4-2)14-10-8-6-5-7-9(10)11/h9-11H,3-8H2,1-2H3. The van der Waals surface area contributed by atoms with E-state index in [2.05, 4.69) is 13.8 Å². The highest BCUT2D eigenvalue weighted by Gasteiger charge is 2.28. The van der Waals surface area contributed by atoms with Crippen LogP contribution in [-0.2, 0) is 11.8 Å². The summed E-state index contributed by atoms with van der Waals surface area (Å²) >= 11 is 7.65. The van der Waals surface area contributed by atoms with Gasteiger partial charge in [0.25, 0.3) is 0 Å². The molecule has 2 atom stereocenters. The van der Waals surface area contributed by atoms with Crippen molar-refractivity contribution in [1.82, 2.24) is 0 Å². The summed E-state index contributed by atoms with van der Waals surface area (Å²) < 4.78 is 0. The monoisotopic (exact) mass is 252 g/mol. The lowest BCUT2D eigenvalue weighted by Gasteiger charge is -2.31. The Kier molecular flexibility index (Phi) is 5.48. The van der Waals surface area contributed by atoms with Crippen LogP contribution in [0.1, 0.15) is 39.5 Å². The molecule has 0 aliphatic heterocycles. The molecule has 1 saturated carbocycles. The Morgan fingerprint density at radius 2 is 1.86 bits per heavy atom. The third-order valence-electron chi connectivity index (χ3n) is 2.96. The van der Waals surface area contributed by atoms with Gasteiger partial charge in [0.2, 0.25) is 0 Å². The lowest BCUT2D eigenvalue weighted by Crippen LogP contribution is -2.26. The molecule has 1 N–H and O–H groups in total. The summed E-state index contributed by atoms with van der Waals surface area (Å²) in [4.78, 5) is 0. The van der Waals surface area contributed by atoms with Gasteiger partial charge in [-0.25, -0.2) is 0 Å². The lowest BCUT2D eigenvalue weighted by molar-refractivity contribution is 0.137. The first-order chi connectivity index (χ1) is 6.61. The van der Waals surface area contributed by atoms with E-state index in [0.717, 1.165) is 18.7 Å². The molecule has 1 nitrogen and oxygen atoms in total. The minimum atomic E-state index is -1.20. The van der Waals surface area contributed by atoms with Gasteiger partial charge in [-0.3, -0.25) is 0 Å². The molecule has 1 fully saturated rings. The normalized spacial score (nSPS) is 29.1. The van der Waals surface area contributed by atoms with E-state index >= 15 is 0 Å². The van der Waals surface area contributed by atoms with Crippen LogP contribution >= 0.6 is 16.6 Å². The highest BCUT2D eigenvalue weighted by atomic mass is 32.9. The van der Waals surface area contributed by atoms with Crippen molar-refractivity contribution in [3.63, 3.8) is 0 Å². The Morgan fingerprint density at radius 3 is 2.36 bits per heavy atom. The molecule has 4 heteroatoms. The molecule has 84 valence electrons. The van der Waals surface area contributed by atoms with E-state index in [-0.39, 0.29) is 6.10 Å². The van der Waals surface area contributed by atoms with Crippen LogP contribution in [0.3, 0.4) is 0 Å². The molecule has 1 rings (SSSR count). The van der Waals surface area contributed by atoms with Crippen molar-refractivity contribution in [2.24, 2.45) is 0 Å². The van der Waals surface area contributed by atoms with Gasteiger partial charge in [0.05, 0.1) is 6.10 Å². The Hall–Kier alpha value is 0.960. The number of rotatable bonds is 4. The van der Waals surface area contributed by atoms with Crippen molar-refractivity contribution in [3.8, 4) is 0 Å². The van der Waals surface area contributed by atoms with Crippen LogP contribution in [0.4, 0.5) is 0 Å². The third-order valence-corrected chi connectivity index (χ3v) is 11.9. The van der Waals surface area contributed by atoms with Gasteiger partial charge in [0, 0.05) is 10.5 Å². The summed E-state index contributed by atoms with van der Waals surface area (Å²) in [7, 11) is 0. The fourth-order valence-electron chi connectivity index (χ4n) is 1.82. The van der Waals surface area contributed by atoms with Gasteiger partial charge >= 0.3 is 0 Å².